The molecule has 104 valence electrons. The van der Waals surface area contributed by atoms with E-state index in [-0.39, 0.29) is 6.04 Å². The zero-order valence-electron chi connectivity index (χ0n) is 11.5. The molecule has 1 unspecified atom stereocenters. The molecular formula is C15H21NO3. The van der Waals surface area contributed by atoms with Gasteiger partial charge in [0, 0.05) is 19.0 Å². The molecule has 2 rings (SSSR count). The van der Waals surface area contributed by atoms with E-state index in [0.29, 0.717) is 19.8 Å². The maximum absolute atomic E-state index is 5.80. The van der Waals surface area contributed by atoms with Gasteiger partial charge in [-0.05, 0) is 19.1 Å². The third-order valence-electron chi connectivity index (χ3n) is 3.00. The van der Waals surface area contributed by atoms with Crippen LogP contribution in [0.4, 0.5) is 0 Å². The van der Waals surface area contributed by atoms with Gasteiger partial charge in [-0.25, -0.2) is 0 Å². The molecule has 0 fully saturated rings. The minimum Gasteiger partial charge on any atom is -0.459 e. The minimum absolute atomic E-state index is 0.179. The van der Waals surface area contributed by atoms with E-state index < -0.39 is 0 Å². The molecule has 0 radical (unpaired) electrons. The van der Waals surface area contributed by atoms with Crippen LogP contribution in [-0.4, -0.2) is 33.5 Å². The minimum atomic E-state index is 0.179. The van der Waals surface area contributed by atoms with E-state index >= 15 is 0 Å². The van der Waals surface area contributed by atoms with Crippen LogP contribution in [0, 0.1) is 0 Å². The zero-order chi connectivity index (χ0) is 13.5. The molecule has 0 aliphatic carbocycles. The van der Waals surface area contributed by atoms with E-state index in [0.717, 1.165) is 23.3 Å². The maximum atomic E-state index is 5.80. The second kappa shape index (κ2) is 7.28. The second-order valence-corrected chi connectivity index (χ2v) is 4.47. The first-order valence-corrected chi connectivity index (χ1v) is 6.60. The summed E-state index contributed by atoms with van der Waals surface area (Å²) in [5.41, 5.74) is 0.933. The van der Waals surface area contributed by atoms with Gasteiger partial charge in [-0.1, -0.05) is 18.2 Å². The van der Waals surface area contributed by atoms with Gasteiger partial charge < -0.3 is 19.2 Å². The quantitative estimate of drug-likeness (QED) is 0.744. The van der Waals surface area contributed by atoms with Gasteiger partial charge in [0.1, 0.15) is 11.3 Å². The lowest BCUT2D eigenvalue weighted by Gasteiger charge is -2.11. The van der Waals surface area contributed by atoms with Crippen molar-refractivity contribution < 1.29 is 13.9 Å². The Morgan fingerprint density at radius 1 is 1.21 bits per heavy atom. The average Bonchev–Trinajstić information content (AvgIpc) is 2.86. The lowest BCUT2D eigenvalue weighted by atomic mass is 10.2. The van der Waals surface area contributed by atoms with Crippen LogP contribution in [0.3, 0.4) is 0 Å². The highest BCUT2D eigenvalue weighted by Crippen LogP contribution is 2.23. The van der Waals surface area contributed by atoms with Crippen LogP contribution >= 0.6 is 0 Å². The predicted octanol–water partition coefficient (Wildman–Crippen LogP) is 2.75. The van der Waals surface area contributed by atoms with E-state index in [1.54, 1.807) is 7.11 Å². The fourth-order valence-electron chi connectivity index (χ4n) is 1.91. The third kappa shape index (κ3) is 4.06. The van der Waals surface area contributed by atoms with Gasteiger partial charge in [-0.2, -0.15) is 0 Å². The van der Waals surface area contributed by atoms with Gasteiger partial charge in [0.15, 0.2) is 0 Å². The molecule has 0 aliphatic heterocycles. The molecule has 0 saturated carbocycles. The summed E-state index contributed by atoms with van der Waals surface area (Å²) in [6.45, 7) is 4.83. The number of hydrogen-bond acceptors (Lipinski definition) is 4. The number of rotatable bonds is 8. The normalized spacial score (nSPS) is 12.9. The number of nitrogens with one attached hydrogen (secondary N) is 1. The summed E-state index contributed by atoms with van der Waals surface area (Å²) >= 11 is 0. The summed E-state index contributed by atoms with van der Waals surface area (Å²) in [5, 5.41) is 4.52. The largest absolute Gasteiger partial charge is 0.459 e. The Morgan fingerprint density at radius 2 is 2.05 bits per heavy atom. The molecule has 4 heteroatoms. The fourth-order valence-corrected chi connectivity index (χ4v) is 1.91. The van der Waals surface area contributed by atoms with Crippen LogP contribution < -0.4 is 5.32 Å². The molecular weight excluding hydrogens is 242 g/mol. The van der Waals surface area contributed by atoms with E-state index in [4.69, 9.17) is 13.9 Å². The zero-order valence-corrected chi connectivity index (χ0v) is 11.5. The lowest BCUT2D eigenvalue weighted by Crippen LogP contribution is -2.23. The monoisotopic (exact) mass is 263 g/mol. The molecule has 1 N–H and O–H groups in total. The van der Waals surface area contributed by atoms with Gasteiger partial charge in [0.2, 0.25) is 0 Å². The predicted molar refractivity (Wildman–Crippen MR) is 75.3 cm³/mol. The van der Waals surface area contributed by atoms with Gasteiger partial charge in [0.25, 0.3) is 0 Å². The molecule has 1 heterocycles. The van der Waals surface area contributed by atoms with Crippen molar-refractivity contribution >= 4 is 11.0 Å². The number of furan rings is 1. The van der Waals surface area contributed by atoms with Crippen molar-refractivity contribution in [3.63, 3.8) is 0 Å². The van der Waals surface area contributed by atoms with Crippen molar-refractivity contribution in [2.24, 2.45) is 0 Å². The first kappa shape index (κ1) is 14.1. The van der Waals surface area contributed by atoms with Crippen molar-refractivity contribution in [1.29, 1.82) is 0 Å². The van der Waals surface area contributed by atoms with Crippen molar-refractivity contribution in [3.05, 3.63) is 36.1 Å². The average molecular weight is 263 g/mol. The molecule has 0 bridgehead atoms. The maximum Gasteiger partial charge on any atom is 0.134 e. The number of benzene rings is 1. The summed E-state index contributed by atoms with van der Waals surface area (Å²) in [6, 6.07) is 10.3. The Labute approximate surface area is 113 Å². The van der Waals surface area contributed by atoms with Crippen LogP contribution in [0.5, 0.6) is 0 Å². The van der Waals surface area contributed by atoms with E-state index in [1.807, 2.05) is 18.2 Å². The second-order valence-electron chi connectivity index (χ2n) is 4.47. The van der Waals surface area contributed by atoms with Gasteiger partial charge in [0.05, 0.1) is 25.9 Å². The fraction of sp³-hybridized carbons (Fsp3) is 0.467. The molecule has 1 aromatic carbocycles. The van der Waals surface area contributed by atoms with E-state index in [1.165, 1.54) is 0 Å². The number of methoxy groups -OCH3 is 1. The van der Waals surface area contributed by atoms with Crippen molar-refractivity contribution in [2.75, 3.05) is 33.5 Å². The summed E-state index contributed by atoms with van der Waals surface area (Å²) in [7, 11) is 1.67. The molecule has 0 saturated heterocycles. The Balaban J connectivity index is 1.78. The Kier molecular flexibility index (Phi) is 5.39. The van der Waals surface area contributed by atoms with Crippen LogP contribution in [0.1, 0.15) is 18.7 Å². The summed E-state index contributed by atoms with van der Waals surface area (Å²) in [5.74, 6) is 0.957. The van der Waals surface area contributed by atoms with Crippen LogP contribution in [-0.2, 0) is 9.47 Å². The Hall–Kier alpha value is -1.36. The lowest BCUT2D eigenvalue weighted by molar-refractivity contribution is 0.0710. The molecule has 1 aromatic heterocycles. The highest BCUT2D eigenvalue weighted by atomic mass is 16.5. The topological polar surface area (TPSA) is 43.6 Å². The standard InChI is InChI=1S/C15H21NO3/c1-12(16-7-8-18-10-9-17-2)15-11-13-5-3-4-6-14(13)19-15/h3-6,11-12,16H,7-10H2,1-2H3. The number of hydrogen-bond donors (Lipinski definition) is 1. The number of fused-ring (bicyclic) bond motifs is 1. The SMILES string of the molecule is COCCOCCNC(C)c1cc2ccccc2o1. The van der Waals surface area contributed by atoms with Crippen LogP contribution in [0.2, 0.25) is 0 Å². The molecule has 0 spiro atoms. The Morgan fingerprint density at radius 3 is 2.84 bits per heavy atom. The first-order valence-electron chi connectivity index (χ1n) is 6.60. The van der Waals surface area contributed by atoms with Crippen molar-refractivity contribution in [1.82, 2.24) is 5.32 Å². The highest BCUT2D eigenvalue weighted by molar-refractivity contribution is 5.77. The van der Waals surface area contributed by atoms with Crippen molar-refractivity contribution in [3.8, 4) is 0 Å². The third-order valence-corrected chi connectivity index (χ3v) is 3.00. The molecule has 0 amide bonds. The van der Waals surface area contributed by atoms with Crippen LogP contribution in [0.15, 0.2) is 34.7 Å². The Bertz CT molecular complexity index is 462. The number of para-hydroxylation sites is 1. The highest BCUT2D eigenvalue weighted by Gasteiger charge is 2.10. The van der Waals surface area contributed by atoms with Gasteiger partial charge in [-0.15, -0.1) is 0 Å². The molecule has 0 aliphatic rings. The molecule has 1 atom stereocenters. The number of ether oxygens (including phenoxy) is 2. The van der Waals surface area contributed by atoms with Crippen LogP contribution in [0.25, 0.3) is 11.0 Å². The summed E-state index contributed by atoms with van der Waals surface area (Å²) in [4.78, 5) is 0. The van der Waals surface area contributed by atoms with Gasteiger partial charge >= 0.3 is 0 Å². The molecule has 2 aromatic rings. The van der Waals surface area contributed by atoms with E-state index in [2.05, 4.69) is 24.4 Å². The first-order chi connectivity index (χ1) is 9.31. The molecule has 4 nitrogen and oxygen atoms in total. The summed E-state index contributed by atoms with van der Waals surface area (Å²) < 4.78 is 16.1. The smallest absolute Gasteiger partial charge is 0.134 e. The molecule has 19 heavy (non-hydrogen) atoms. The summed E-state index contributed by atoms with van der Waals surface area (Å²) in [6.07, 6.45) is 0. The van der Waals surface area contributed by atoms with E-state index in [9.17, 15) is 0 Å². The van der Waals surface area contributed by atoms with Crippen molar-refractivity contribution in [2.45, 2.75) is 13.0 Å². The van der Waals surface area contributed by atoms with Gasteiger partial charge in [-0.3, -0.25) is 0 Å².